The first-order valence-corrected chi connectivity index (χ1v) is 10.2. The number of nitrogens with zero attached hydrogens (tertiary/aromatic N) is 1. The van der Waals surface area contributed by atoms with E-state index in [1.807, 2.05) is 48.9 Å². The Morgan fingerprint density at radius 3 is 1.96 bits per heavy atom. The Morgan fingerprint density at radius 2 is 1.44 bits per heavy atom. The molecule has 0 atom stereocenters. The lowest BCUT2D eigenvalue weighted by molar-refractivity contribution is -0.133. The Bertz CT molecular complexity index is 714. The quantitative estimate of drug-likeness (QED) is 0.542. The average molecular weight is 376 g/mol. The lowest BCUT2D eigenvalue weighted by Crippen LogP contribution is -2.30. The summed E-state index contributed by atoms with van der Waals surface area (Å²) in [5.74, 6) is -0.721. The highest BCUT2D eigenvalue weighted by atomic mass is 32.2. The summed E-state index contributed by atoms with van der Waals surface area (Å²) < 4.78 is 5.12. The van der Waals surface area contributed by atoms with Crippen molar-refractivity contribution in [1.82, 2.24) is 4.90 Å². The molecule has 0 aromatic heterocycles. The number of amides is 1. The zero-order valence-electron chi connectivity index (χ0n) is 14.5. The molecular weight excluding hydrogens is 354 g/mol. The van der Waals surface area contributed by atoms with Crippen molar-refractivity contribution in [3.05, 3.63) is 59.7 Å². The molecule has 0 unspecified atom stereocenters. The van der Waals surface area contributed by atoms with Gasteiger partial charge in [0.2, 0.25) is 0 Å². The van der Waals surface area contributed by atoms with Gasteiger partial charge >= 0.3 is 5.97 Å². The SMILES string of the molecule is CSc1ccc(CN(C)C(=O)COC(=O)c2ccc(SC)cc2)cc1. The molecular formula is C19H21NO3S2. The Balaban J connectivity index is 1.84. The van der Waals surface area contributed by atoms with E-state index in [0.29, 0.717) is 12.1 Å². The van der Waals surface area contributed by atoms with E-state index in [1.54, 1.807) is 47.6 Å². The van der Waals surface area contributed by atoms with Gasteiger partial charge in [-0.25, -0.2) is 4.79 Å². The number of benzene rings is 2. The van der Waals surface area contributed by atoms with Crippen LogP contribution in [-0.4, -0.2) is 42.9 Å². The van der Waals surface area contributed by atoms with Gasteiger partial charge in [0.05, 0.1) is 5.56 Å². The molecule has 6 heteroatoms. The fourth-order valence-electron chi connectivity index (χ4n) is 2.14. The number of carbonyl (C=O) groups excluding carboxylic acids is 2. The third kappa shape index (κ3) is 5.83. The van der Waals surface area contributed by atoms with Crippen LogP contribution >= 0.6 is 23.5 Å². The molecule has 2 aromatic rings. The van der Waals surface area contributed by atoms with Gasteiger partial charge in [-0.1, -0.05) is 12.1 Å². The van der Waals surface area contributed by atoms with Crippen LogP contribution in [0.2, 0.25) is 0 Å². The summed E-state index contributed by atoms with van der Waals surface area (Å²) in [6.45, 7) is 0.218. The summed E-state index contributed by atoms with van der Waals surface area (Å²) in [6.07, 6.45) is 3.99. The van der Waals surface area contributed by atoms with E-state index >= 15 is 0 Å². The van der Waals surface area contributed by atoms with Gasteiger partial charge in [0, 0.05) is 23.4 Å². The first kappa shape index (κ1) is 19.4. The number of ether oxygens (including phenoxy) is 1. The smallest absolute Gasteiger partial charge is 0.338 e. The van der Waals surface area contributed by atoms with Gasteiger partial charge in [0.25, 0.3) is 5.91 Å². The normalized spacial score (nSPS) is 10.4. The summed E-state index contributed by atoms with van der Waals surface area (Å²) in [7, 11) is 1.70. The van der Waals surface area contributed by atoms with Crippen LogP contribution in [0.15, 0.2) is 58.3 Å². The van der Waals surface area contributed by atoms with Crippen molar-refractivity contribution in [2.75, 3.05) is 26.2 Å². The largest absolute Gasteiger partial charge is 0.452 e. The minimum atomic E-state index is -0.487. The van der Waals surface area contributed by atoms with Crippen LogP contribution < -0.4 is 0 Å². The van der Waals surface area contributed by atoms with Crippen molar-refractivity contribution in [1.29, 1.82) is 0 Å². The summed E-state index contributed by atoms with van der Waals surface area (Å²) in [4.78, 5) is 27.9. The number of rotatable bonds is 7. The maximum atomic E-state index is 12.1. The first-order valence-electron chi connectivity index (χ1n) is 7.71. The zero-order valence-corrected chi connectivity index (χ0v) is 16.2. The Hall–Kier alpha value is -1.92. The van der Waals surface area contributed by atoms with Crippen molar-refractivity contribution in [2.24, 2.45) is 0 Å². The predicted octanol–water partition coefficient (Wildman–Crippen LogP) is 3.95. The van der Waals surface area contributed by atoms with Crippen LogP contribution in [-0.2, 0) is 16.1 Å². The molecule has 0 bridgehead atoms. The second-order valence-electron chi connectivity index (χ2n) is 5.40. The fraction of sp³-hybridized carbons (Fsp3) is 0.263. The van der Waals surface area contributed by atoms with E-state index in [-0.39, 0.29) is 12.5 Å². The fourth-order valence-corrected chi connectivity index (χ4v) is 2.96. The molecule has 0 radical (unpaired) electrons. The molecule has 132 valence electrons. The molecule has 4 nitrogen and oxygen atoms in total. The maximum Gasteiger partial charge on any atom is 0.338 e. The molecule has 0 saturated heterocycles. The third-order valence-corrected chi connectivity index (χ3v) is 5.14. The molecule has 0 N–H and O–H groups in total. The Kier molecular flexibility index (Phi) is 7.40. The highest BCUT2D eigenvalue weighted by molar-refractivity contribution is 7.98. The van der Waals surface area contributed by atoms with Gasteiger partial charge < -0.3 is 9.64 Å². The zero-order chi connectivity index (χ0) is 18.2. The number of likely N-dealkylation sites (N-methyl/N-ethyl adjacent to an activating group) is 1. The summed E-state index contributed by atoms with van der Waals surface area (Å²) in [6, 6.07) is 15.2. The predicted molar refractivity (Wildman–Crippen MR) is 103 cm³/mol. The second kappa shape index (κ2) is 9.53. The molecule has 0 aliphatic rings. The van der Waals surface area contributed by atoms with Crippen molar-refractivity contribution in [3.8, 4) is 0 Å². The van der Waals surface area contributed by atoms with Gasteiger partial charge in [-0.05, 0) is 54.5 Å². The average Bonchev–Trinajstić information content (AvgIpc) is 2.66. The topological polar surface area (TPSA) is 46.6 Å². The van der Waals surface area contributed by atoms with Gasteiger partial charge in [-0.2, -0.15) is 0 Å². The molecule has 0 aliphatic heterocycles. The number of hydrogen-bond donors (Lipinski definition) is 0. The molecule has 2 rings (SSSR count). The van der Waals surface area contributed by atoms with Crippen molar-refractivity contribution in [2.45, 2.75) is 16.3 Å². The van der Waals surface area contributed by atoms with E-state index in [4.69, 9.17) is 4.74 Å². The van der Waals surface area contributed by atoms with E-state index in [0.717, 1.165) is 10.5 Å². The van der Waals surface area contributed by atoms with E-state index < -0.39 is 5.97 Å². The third-order valence-electron chi connectivity index (χ3n) is 3.66. The molecule has 0 spiro atoms. The van der Waals surface area contributed by atoms with Crippen molar-refractivity contribution in [3.63, 3.8) is 0 Å². The molecule has 0 fully saturated rings. The van der Waals surface area contributed by atoms with Gasteiger partial charge in [0.1, 0.15) is 0 Å². The van der Waals surface area contributed by atoms with Crippen LogP contribution in [0.5, 0.6) is 0 Å². The van der Waals surface area contributed by atoms with Crippen LogP contribution in [0.4, 0.5) is 0 Å². The van der Waals surface area contributed by atoms with Crippen LogP contribution in [0.25, 0.3) is 0 Å². The number of esters is 1. The van der Waals surface area contributed by atoms with Crippen molar-refractivity contribution >= 4 is 35.4 Å². The highest BCUT2D eigenvalue weighted by Crippen LogP contribution is 2.16. The molecule has 25 heavy (non-hydrogen) atoms. The van der Waals surface area contributed by atoms with E-state index in [2.05, 4.69) is 0 Å². The summed E-state index contributed by atoms with van der Waals surface area (Å²) in [5.41, 5.74) is 1.48. The molecule has 0 aliphatic carbocycles. The van der Waals surface area contributed by atoms with Crippen LogP contribution in [0, 0.1) is 0 Å². The number of hydrogen-bond acceptors (Lipinski definition) is 5. The monoisotopic (exact) mass is 375 g/mol. The Labute approximate surface area is 156 Å². The molecule has 0 saturated carbocycles. The van der Waals surface area contributed by atoms with Gasteiger partial charge in [-0.3, -0.25) is 4.79 Å². The summed E-state index contributed by atoms with van der Waals surface area (Å²) in [5, 5.41) is 0. The molecule has 2 aromatic carbocycles. The minimum Gasteiger partial charge on any atom is -0.452 e. The van der Waals surface area contributed by atoms with Crippen molar-refractivity contribution < 1.29 is 14.3 Å². The lowest BCUT2D eigenvalue weighted by atomic mass is 10.2. The highest BCUT2D eigenvalue weighted by Gasteiger charge is 2.14. The van der Waals surface area contributed by atoms with Gasteiger partial charge in [0.15, 0.2) is 6.61 Å². The lowest BCUT2D eigenvalue weighted by Gasteiger charge is -2.17. The summed E-state index contributed by atoms with van der Waals surface area (Å²) >= 11 is 3.28. The molecule has 0 heterocycles. The number of carbonyl (C=O) groups is 2. The molecule has 1 amide bonds. The van der Waals surface area contributed by atoms with Crippen LogP contribution in [0.3, 0.4) is 0 Å². The van der Waals surface area contributed by atoms with Crippen LogP contribution in [0.1, 0.15) is 15.9 Å². The Morgan fingerprint density at radius 1 is 0.920 bits per heavy atom. The second-order valence-corrected chi connectivity index (χ2v) is 7.16. The minimum absolute atomic E-state index is 0.233. The first-order chi connectivity index (χ1) is 12.0. The maximum absolute atomic E-state index is 12.1. The van der Waals surface area contributed by atoms with E-state index in [9.17, 15) is 9.59 Å². The number of thioether (sulfide) groups is 2. The van der Waals surface area contributed by atoms with E-state index in [1.165, 1.54) is 4.90 Å². The van der Waals surface area contributed by atoms with Gasteiger partial charge in [-0.15, -0.1) is 23.5 Å². The standard InChI is InChI=1S/C19H21NO3S2/c1-20(12-14-4-8-16(24-2)9-5-14)18(21)13-23-19(22)15-6-10-17(25-3)11-7-15/h4-11H,12-13H2,1-3H3.